The lowest BCUT2D eigenvalue weighted by Gasteiger charge is -1.96. The van der Waals surface area contributed by atoms with Gasteiger partial charge in [0.05, 0.1) is 6.07 Å². The van der Waals surface area contributed by atoms with Gasteiger partial charge in [-0.05, 0) is 5.56 Å². The van der Waals surface area contributed by atoms with Gasteiger partial charge in [-0.3, -0.25) is 0 Å². The molecule has 0 heterocycles. The summed E-state index contributed by atoms with van der Waals surface area (Å²) in [6, 6.07) is 9.60. The van der Waals surface area contributed by atoms with E-state index in [1.807, 2.05) is 6.07 Å². The molecule has 1 atom stereocenters. The van der Waals surface area contributed by atoms with Gasteiger partial charge in [-0.25, -0.2) is 0 Å². The van der Waals surface area contributed by atoms with Crippen molar-refractivity contribution < 1.29 is 0 Å². The highest BCUT2D eigenvalue weighted by molar-refractivity contribution is 5.22. The monoisotopic (exact) mass is 130 g/mol. The highest BCUT2D eigenvalue weighted by atomic mass is 14.6. The van der Waals surface area contributed by atoms with Gasteiger partial charge in [-0.15, -0.1) is 5.73 Å². The quantitative estimate of drug-likeness (QED) is 0.565. The first-order chi connectivity index (χ1) is 4.84. The van der Waals surface area contributed by atoms with E-state index in [1.54, 1.807) is 30.3 Å². The molecule has 0 saturated carbocycles. The molecular formula is C8H6N2. The molecule has 0 aliphatic heterocycles. The molecule has 2 radical (unpaired) electrons. The number of hydrogen-bond acceptors (Lipinski definition) is 1. The van der Waals surface area contributed by atoms with Crippen molar-refractivity contribution in [3.63, 3.8) is 0 Å². The Morgan fingerprint density at radius 3 is 2.30 bits per heavy atom. The second-order valence-electron chi connectivity index (χ2n) is 1.94. The maximum Gasteiger partial charge on any atom is 0.155 e. The number of nitriles is 1. The summed E-state index contributed by atoms with van der Waals surface area (Å²) in [5.41, 5.74) is 9.61. The SMILES string of the molecule is [N]C(C#N)c1ccccc1. The molecule has 0 fully saturated rings. The highest BCUT2D eigenvalue weighted by Gasteiger charge is 2.02. The van der Waals surface area contributed by atoms with Crippen LogP contribution in [0.2, 0.25) is 0 Å². The van der Waals surface area contributed by atoms with E-state index in [9.17, 15) is 0 Å². The van der Waals surface area contributed by atoms with Crippen LogP contribution in [-0.2, 0) is 0 Å². The van der Waals surface area contributed by atoms with Gasteiger partial charge in [0.25, 0.3) is 0 Å². The fourth-order valence-electron chi connectivity index (χ4n) is 0.710. The van der Waals surface area contributed by atoms with Gasteiger partial charge >= 0.3 is 0 Å². The summed E-state index contributed by atoms with van der Waals surface area (Å²) < 4.78 is 0. The minimum absolute atomic E-state index is 0.644. The smallest absolute Gasteiger partial charge is 0.155 e. The topological polar surface area (TPSA) is 46.1 Å². The lowest BCUT2D eigenvalue weighted by Crippen LogP contribution is -1.93. The minimum Gasteiger partial charge on any atom is -0.196 e. The van der Waals surface area contributed by atoms with Gasteiger partial charge < -0.3 is 0 Å². The summed E-state index contributed by atoms with van der Waals surface area (Å²) in [5.74, 6) is 0. The fourth-order valence-corrected chi connectivity index (χ4v) is 0.710. The summed E-state index contributed by atoms with van der Waals surface area (Å²) in [6.07, 6.45) is 0. The zero-order chi connectivity index (χ0) is 7.40. The molecular weight excluding hydrogens is 124 g/mol. The standard InChI is InChI=1S/C8H6N2/c9-6-8(10)7-4-2-1-3-5-7/h1-5,8H. The Hall–Kier alpha value is -1.33. The first-order valence-electron chi connectivity index (χ1n) is 2.97. The second-order valence-corrected chi connectivity index (χ2v) is 1.94. The summed E-state index contributed by atoms with van der Waals surface area (Å²) in [4.78, 5) is 0. The largest absolute Gasteiger partial charge is 0.196 e. The van der Waals surface area contributed by atoms with Crippen molar-refractivity contribution in [2.24, 2.45) is 0 Å². The van der Waals surface area contributed by atoms with E-state index in [0.29, 0.717) is 5.56 Å². The molecule has 0 spiro atoms. The molecule has 0 aliphatic carbocycles. The molecule has 0 aliphatic rings. The van der Waals surface area contributed by atoms with Gasteiger partial charge in [0.2, 0.25) is 0 Å². The van der Waals surface area contributed by atoms with Crippen LogP contribution in [0.1, 0.15) is 11.6 Å². The molecule has 48 valence electrons. The highest BCUT2D eigenvalue weighted by Crippen LogP contribution is 2.08. The summed E-state index contributed by atoms with van der Waals surface area (Å²) in [7, 11) is 0. The van der Waals surface area contributed by atoms with Gasteiger partial charge in [-0.1, -0.05) is 30.3 Å². The Labute approximate surface area is 59.9 Å². The van der Waals surface area contributed by atoms with Crippen LogP contribution in [0, 0.1) is 11.3 Å². The van der Waals surface area contributed by atoms with Crippen molar-refractivity contribution in [3.8, 4) is 6.07 Å². The van der Waals surface area contributed by atoms with Crippen LogP contribution < -0.4 is 5.73 Å². The van der Waals surface area contributed by atoms with E-state index in [1.165, 1.54) is 0 Å². The van der Waals surface area contributed by atoms with Crippen molar-refractivity contribution in [2.45, 2.75) is 6.04 Å². The lowest BCUT2D eigenvalue weighted by molar-refractivity contribution is 0.891. The Kier molecular flexibility index (Phi) is 2.03. The summed E-state index contributed by atoms with van der Waals surface area (Å²) >= 11 is 0. The molecule has 1 rings (SSSR count). The molecule has 1 aromatic rings. The van der Waals surface area contributed by atoms with E-state index in [4.69, 9.17) is 11.0 Å². The van der Waals surface area contributed by atoms with Crippen LogP contribution in [0.4, 0.5) is 0 Å². The third-order valence-electron chi connectivity index (χ3n) is 1.24. The van der Waals surface area contributed by atoms with E-state index in [-0.39, 0.29) is 0 Å². The van der Waals surface area contributed by atoms with Crippen LogP contribution in [0.5, 0.6) is 0 Å². The van der Waals surface area contributed by atoms with Gasteiger partial charge in [0.15, 0.2) is 6.04 Å². The lowest BCUT2D eigenvalue weighted by atomic mass is 10.1. The molecule has 1 aromatic carbocycles. The Bertz CT molecular complexity index is 235. The average Bonchev–Trinajstić information content (AvgIpc) is 2.05. The minimum atomic E-state index is -0.985. The molecule has 0 aromatic heterocycles. The predicted molar refractivity (Wildman–Crippen MR) is 36.9 cm³/mol. The van der Waals surface area contributed by atoms with Crippen molar-refractivity contribution in [3.05, 3.63) is 35.9 Å². The summed E-state index contributed by atoms with van der Waals surface area (Å²) in [5, 5.41) is 8.29. The fraction of sp³-hybridized carbons (Fsp3) is 0.125. The first kappa shape index (κ1) is 6.79. The van der Waals surface area contributed by atoms with Crippen molar-refractivity contribution >= 4 is 0 Å². The van der Waals surface area contributed by atoms with Gasteiger partial charge in [-0.2, -0.15) is 5.26 Å². The van der Waals surface area contributed by atoms with E-state index < -0.39 is 6.04 Å². The van der Waals surface area contributed by atoms with Gasteiger partial charge in [0, 0.05) is 0 Å². The average molecular weight is 130 g/mol. The van der Waals surface area contributed by atoms with Crippen LogP contribution in [0.15, 0.2) is 30.3 Å². The molecule has 0 amide bonds. The number of hydrogen-bond donors (Lipinski definition) is 0. The first-order valence-corrected chi connectivity index (χ1v) is 2.97. The Morgan fingerprint density at radius 1 is 1.20 bits per heavy atom. The number of benzene rings is 1. The maximum atomic E-state index is 8.97. The van der Waals surface area contributed by atoms with Gasteiger partial charge in [0.1, 0.15) is 0 Å². The molecule has 1 unspecified atom stereocenters. The van der Waals surface area contributed by atoms with E-state index in [0.717, 1.165) is 0 Å². The zero-order valence-electron chi connectivity index (χ0n) is 5.36. The molecule has 0 N–H and O–H groups in total. The van der Waals surface area contributed by atoms with Crippen LogP contribution in [0.3, 0.4) is 0 Å². The predicted octanol–water partition coefficient (Wildman–Crippen LogP) is 1.32. The van der Waals surface area contributed by atoms with Crippen molar-refractivity contribution in [1.29, 1.82) is 5.26 Å². The second kappa shape index (κ2) is 3.00. The normalized spacial score (nSPS) is 12.0. The summed E-state index contributed by atoms with van der Waals surface area (Å²) in [6.45, 7) is 0. The zero-order valence-corrected chi connectivity index (χ0v) is 5.36. The third-order valence-corrected chi connectivity index (χ3v) is 1.24. The van der Waals surface area contributed by atoms with Crippen LogP contribution in [-0.4, -0.2) is 0 Å². The molecule has 10 heavy (non-hydrogen) atoms. The molecule has 0 bridgehead atoms. The van der Waals surface area contributed by atoms with E-state index in [2.05, 4.69) is 0 Å². The third kappa shape index (κ3) is 1.34. The maximum absolute atomic E-state index is 8.97. The number of rotatable bonds is 1. The van der Waals surface area contributed by atoms with Crippen LogP contribution in [0.25, 0.3) is 0 Å². The number of nitrogens with zero attached hydrogens (tertiary/aromatic N) is 2. The Morgan fingerprint density at radius 2 is 1.80 bits per heavy atom. The van der Waals surface area contributed by atoms with E-state index >= 15 is 0 Å². The molecule has 2 nitrogen and oxygen atoms in total. The Balaban J connectivity index is 2.88. The molecule has 0 saturated heterocycles. The van der Waals surface area contributed by atoms with Crippen LogP contribution >= 0.6 is 0 Å². The van der Waals surface area contributed by atoms with Crippen molar-refractivity contribution in [1.82, 2.24) is 5.73 Å². The van der Waals surface area contributed by atoms with Crippen molar-refractivity contribution in [2.75, 3.05) is 0 Å². The molecule has 2 heteroatoms.